The van der Waals surface area contributed by atoms with Crippen molar-refractivity contribution in [3.8, 4) is 0 Å². The third-order valence-corrected chi connectivity index (χ3v) is 4.82. The van der Waals surface area contributed by atoms with E-state index >= 15 is 0 Å². The normalized spacial score (nSPS) is 27.9. The molecule has 0 aliphatic carbocycles. The summed E-state index contributed by atoms with van der Waals surface area (Å²) >= 11 is 0. The van der Waals surface area contributed by atoms with Crippen LogP contribution in [0.3, 0.4) is 0 Å². The minimum absolute atomic E-state index is 0.622. The Morgan fingerprint density at radius 2 is 2.16 bits per heavy atom. The molecule has 3 nitrogen and oxygen atoms in total. The molecule has 19 heavy (non-hydrogen) atoms. The van der Waals surface area contributed by atoms with Gasteiger partial charge in [0.25, 0.3) is 0 Å². The van der Waals surface area contributed by atoms with E-state index in [0.29, 0.717) is 12.0 Å². The van der Waals surface area contributed by atoms with Crippen LogP contribution in [0.5, 0.6) is 0 Å². The summed E-state index contributed by atoms with van der Waals surface area (Å²) in [5.74, 6) is 0.682. The van der Waals surface area contributed by atoms with Gasteiger partial charge in [0.15, 0.2) is 0 Å². The van der Waals surface area contributed by atoms with E-state index in [-0.39, 0.29) is 0 Å². The molecule has 0 saturated carbocycles. The monoisotopic (exact) mass is 259 g/mol. The van der Waals surface area contributed by atoms with Crippen LogP contribution in [0.2, 0.25) is 0 Å². The van der Waals surface area contributed by atoms with E-state index < -0.39 is 0 Å². The highest BCUT2D eigenvalue weighted by atomic mass is 15.3. The summed E-state index contributed by atoms with van der Waals surface area (Å²) < 4.78 is 0. The predicted octanol–water partition coefficient (Wildman–Crippen LogP) is 2.70. The van der Waals surface area contributed by atoms with Crippen LogP contribution >= 0.6 is 0 Å². The van der Waals surface area contributed by atoms with Crippen LogP contribution in [-0.2, 0) is 0 Å². The fraction of sp³-hybridized carbons (Fsp3) is 0.688. The lowest BCUT2D eigenvalue weighted by molar-refractivity contribution is 0.176. The van der Waals surface area contributed by atoms with Gasteiger partial charge in [-0.15, -0.1) is 0 Å². The highest BCUT2D eigenvalue weighted by Crippen LogP contribution is 2.32. The molecule has 2 unspecified atom stereocenters. The van der Waals surface area contributed by atoms with Gasteiger partial charge in [-0.2, -0.15) is 0 Å². The number of hydrogen-bond acceptors (Lipinski definition) is 3. The summed E-state index contributed by atoms with van der Waals surface area (Å²) in [6.45, 7) is 10.6. The van der Waals surface area contributed by atoms with Gasteiger partial charge in [0.2, 0.25) is 0 Å². The van der Waals surface area contributed by atoms with Gasteiger partial charge in [0.05, 0.1) is 11.9 Å². The summed E-state index contributed by atoms with van der Waals surface area (Å²) in [5.41, 5.74) is 2.69. The highest BCUT2D eigenvalue weighted by molar-refractivity contribution is 5.52. The van der Waals surface area contributed by atoms with Gasteiger partial charge in [-0.25, -0.2) is 0 Å². The molecule has 0 radical (unpaired) electrons. The minimum atomic E-state index is 0.622. The Kier molecular flexibility index (Phi) is 3.48. The summed E-state index contributed by atoms with van der Waals surface area (Å²) in [4.78, 5) is 9.67. The Labute approximate surface area is 116 Å². The number of nitrogens with zero attached hydrogens (tertiary/aromatic N) is 3. The molecule has 0 N–H and O–H groups in total. The van der Waals surface area contributed by atoms with Crippen LogP contribution in [0.25, 0.3) is 0 Å². The van der Waals surface area contributed by atoms with E-state index in [0.717, 1.165) is 6.04 Å². The molecule has 1 aromatic rings. The molecule has 3 heteroatoms. The number of rotatable bonds is 2. The first-order chi connectivity index (χ1) is 9.16. The lowest BCUT2D eigenvalue weighted by atomic mass is 9.96. The average Bonchev–Trinajstić information content (AvgIpc) is 2.85. The zero-order valence-corrected chi connectivity index (χ0v) is 12.3. The van der Waals surface area contributed by atoms with E-state index in [2.05, 4.69) is 47.8 Å². The smallest absolute Gasteiger partial charge is 0.0586 e. The molecule has 1 aromatic heterocycles. The molecule has 2 aliphatic rings. The molecule has 2 aliphatic heterocycles. The first-order valence-corrected chi connectivity index (χ1v) is 7.58. The van der Waals surface area contributed by atoms with Crippen molar-refractivity contribution in [3.63, 3.8) is 0 Å². The molecule has 0 bridgehead atoms. The Morgan fingerprint density at radius 3 is 2.89 bits per heavy atom. The zero-order valence-electron chi connectivity index (χ0n) is 12.3. The van der Waals surface area contributed by atoms with Gasteiger partial charge in [-0.05, 0) is 43.9 Å². The number of hydrogen-bond donors (Lipinski definition) is 0. The third kappa shape index (κ3) is 2.36. The van der Waals surface area contributed by atoms with Crippen molar-refractivity contribution in [2.45, 2.75) is 45.7 Å². The van der Waals surface area contributed by atoms with Gasteiger partial charge in [-0.3, -0.25) is 9.88 Å². The number of aromatic nitrogens is 1. The first-order valence-electron chi connectivity index (χ1n) is 7.58. The summed E-state index contributed by atoms with van der Waals surface area (Å²) in [6, 6.07) is 3.51. The Hall–Kier alpha value is -1.09. The zero-order chi connectivity index (χ0) is 13.4. The number of piperazine rings is 1. The van der Waals surface area contributed by atoms with Crippen molar-refractivity contribution in [2.24, 2.45) is 5.92 Å². The quantitative estimate of drug-likeness (QED) is 0.814. The molecule has 0 spiro atoms. The summed E-state index contributed by atoms with van der Waals surface area (Å²) in [7, 11) is 0. The van der Waals surface area contributed by atoms with Gasteiger partial charge in [0, 0.05) is 31.4 Å². The van der Waals surface area contributed by atoms with Crippen LogP contribution in [0.15, 0.2) is 18.5 Å². The Balaban J connectivity index is 1.90. The van der Waals surface area contributed by atoms with Gasteiger partial charge >= 0.3 is 0 Å². The van der Waals surface area contributed by atoms with E-state index in [9.17, 15) is 0 Å². The lowest BCUT2D eigenvalue weighted by Crippen LogP contribution is -2.58. The number of aryl methyl sites for hydroxylation is 1. The molecule has 104 valence electrons. The number of pyridine rings is 1. The van der Waals surface area contributed by atoms with Crippen LogP contribution in [0.4, 0.5) is 5.69 Å². The SMILES string of the molecule is Cc1ccncc1N1CC2CCCN2CC1C(C)C. The maximum absolute atomic E-state index is 4.34. The molecule has 2 saturated heterocycles. The van der Waals surface area contributed by atoms with Crippen molar-refractivity contribution in [1.29, 1.82) is 0 Å². The van der Waals surface area contributed by atoms with Crippen LogP contribution in [0.1, 0.15) is 32.3 Å². The minimum Gasteiger partial charge on any atom is -0.364 e. The molecule has 0 aromatic carbocycles. The van der Waals surface area contributed by atoms with Crippen LogP contribution < -0.4 is 4.90 Å². The predicted molar refractivity (Wildman–Crippen MR) is 79.5 cm³/mol. The molecule has 3 rings (SSSR count). The second-order valence-corrected chi connectivity index (χ2v) is 6.42. The molecule has 0 amide bonds. The number of fused-ring (bicyclic) bond motifs is 1. The number of anilines is 1. The lowest BCUT2D eigenvalue weighted by Gasteiger charge is -2.47. The third-order valence-electron chi connectivity index (χ3n) is 4.82. The van der Waals surface area contributed by atoms with Crippen molar-refractivity contribution in [3.05, 3.63) is 24.0 Å². The molecule has 2 fully saturated rings. The molecule has 3 heterocycles. The van der Waals surface area contributed by atoms with Crippen LogP contribution in [-0.4, -0.2) is 41.6 Å². The fourth-order valence-electron chi connectivity index (χ4n) is 3.65. The van der Waals surface area contributed by atoms with Crippen LogP contribution in [0, 0.1) is 12.8 Å². The standard InChI is InChI=1S/C16H25N3/c1-12(2)16-11-18-8-4-5-14(18)10-19(16)15-9-17-7-6-13(15)3/h6-7,9,12,14,16H,4-5,8,10-11H2,1-3H3. The van der Waals surface area contributed by atoms with E-state index in [1.54, 1.807) is 0 Å². The van der Waals surface area contributed by atoms with E-state index in [4.69, 9.17) is 0 Å². The largest absolute Gasteiger partial charge is 0.364 e. The molecule has 2 atom stereocenters. The van der Waals surface area contributed by atoms with E-state index in [1.807, 2.05) is 6.20 Å². The van der Waals surface area contributed by atoms with Crippen molar-refractivity contribution >= 4 is 5.69 Å². The highest BCUT2D eigenvalue weighted by Gasteiger charge is 2.37. The molecular weight excluding hydrogens is 234 g/mol. The second kappa shape index (κ2) is 5.12. The van der Waals surface area contributed by atoms with Gasteiger partial charge in [-0.1, -0.05) is 13.8 Å². The first kappa shape index (κ1) is 12.9. The molecular formula is C16H25N3. The average molecular weight is 259 g/mol. The second-order valence-electron chi connectivity index (χ2n) is 6.42. The van der Waals surface area contributed by atoms with E-state index in [1.165, 1.54) is 43.7 Å². The fourth-order valence-corrected chi connectivity index (χ4v) is 3.65. The van der Waals surface area contributed by atoms with Crippen molar-refractivity contribution in [1.82, 2.24) is 9.88 Å². The summed E-state index contributed by atoms with van der Waals surface area (Å²) in [5, 5.41) is 0. The van der Waals surface area contributed by atoms with Crippen molar-refractivity contribution < 1.29 is 0 Å². The van der Waals surface area contributed by atoms with Gasteiger partial charge in [0.1, 0.15) is 0 Å². The maximum atomic E-state index is 4.34. The Morgan fingerprint density at radius 1 is 1.32 bits per heavy atom. The van der Waals surface area contributed by atoms with Crippen molar-refractivity contribution in [2.75, 3.05) is 24.5 Å². The summed E-state index contributed by atoms with van der Waals surface area (Å²) in [6.07, 6.45) is 6.68. The Bertz CT molecular complexity index is 443. The topological polar surface area (TPSA) is 19.4 Å². The van der Waals surface area contributed by atoms with Gasteiger partial charge < -0.3 is 4.90 Å². The maximum Gasteiger partial charge on any atom is 0.0586 e.